The molecule has 0 atom stereocenters. The van der Waals surface area contributed by atoms with Gasteiger partial charge >= 0.3 is 5.97 Å². The average molecular weight is 211 g/mol. The molecular weight excluding hydrogens is 198 g/mol. The van der Waals surface area contributed by atoms with Crippen molar-refractivity contribution < 1.29 is 20.1 Å². The predicted octanol–water partition coefficient (Wildman–Crippen LogP) is -0.00590. The van der Waals surface area contributed by atoms with Crippen molar-refractivity contribution in [3.05, 3.63) is 28.8 Å². The fourth-order valence-corrected chi connectivity index (χ4v) is 1.51. The number of carbonyl (C=O) groups is 1. The maximum atomic E-state index is 10.9. The zero-order valence-corrected chi connectivity index (χ0v) is 8.10. The highest BCUT2D eigenvalue weighted by atomic mass is 16.4. The average Bonchev–Trinajstić information content (AvgIpc) is 2.18. The van der Waals surface area contributed by atoms with Gasteiger partial charge in [-0.2, -0.15) is 0 Å². The number of aliphatic hydroxyl groups is 2. The number of anilines is 1. The van der Waals surface area contributed by atoms with Crippen LogP contribution < -0.4 is 5.73 Å². The van der Waals surface area contributed by atoms with E-state index in [1.54, 1.807) is 6.07 Å². The maximum Gasteiger partial charge on any atom is 0.338 e. The summed E-state index contributed by atoms with van der Waals surface area (Å²) in [7, 11) is 0. The van der Waals surface area contributed by atoms with Crippen molar-refractivity contribution in [3.8, 4) is 0 Å². The molecule has 1 rings (SSSR count). The second-order valence-corrected chi connectivity index (χ2v) is 3.10. The standard InChI is InChI=1S/C10H13NO4/c11-8-2-1-6(5-13)7(3-4-12)9(8)10(14)15/h1-2,12-13H,3-5,11H2,(H,14,15). The summed E-state index contributed by atoms with van der Waals surface area (Å²) in [4.78, 5) is 10.9. The lowest BCUT2D eigenvalue weighted by Crippen LogP contribution is -2.11. The minimum atomic E-state index is -1.15. The molecule has 5 nitrogen and oxygen atoms in total. The normalized spacial score (nSPS) is 10.3. The van der Waals surface area contributed by atoms with Crippen molar-refractivity contribution in [1.29, 1.82) is 0 Å². The van der Waals surface area contributed by atoms with Crippen LogP contribution in [0.1, 0.15) is 21.5 Å². The molecule has 5 heteroatoms. The largest absolute Gasteiger partial charge is 0.478 e. The van der Waals surface area contributed by atoms with Crippen LogP contribution in [0, 0.1) is 0 Å². The van der Waals surface area contributed by atoms with Crippen LogP contribution in [0.15, 0.2) is 12.1 Å². The Kier molecular flexibility index (Phi) is 3.65. The van der Waals surface area contributed by atoms with Gasteiger partial charge in [0.05, 0.1) is 12.2 Å². The Morgan fingerprint density at radius 1 is 1.33 bits per heavy atom. The molecule has 0 aromatic heterocycles. The van der Waals surface area contributed by atoms with Gasteiger partial charge in [-0.15, -0.1) is 0 Å². The molecule has 0 saturated heterocycles. The summed E-state index contributed by atoms with van der Waals surface area (Å²) in [5.74, 6) is -1.15. The summed E-state index contributed by atoms with van der Waals surface area (Å²) < 4.78 is 0. The molecule has 1 aromatic rings. The molecule has 0 aliphatic rings. The topological polar surface area (TPSA) is 104 Å². The number of nitrogen functional groups attached to an aromatic ring is 1. The van der Waals surface area contributed by atoms with Gasteiger partial charge in [0, 0.05) is 12.3 Å². The molecule has 0 spiro atoms. The zero-order chi connectivity index (χ0) is 11.4. The number of hydrogen-bond donors (Lipinski definition) is 4. The minimum Gasteiger partial charge on any atom is -0.478 e. The summed E-state index contributed by atoms with van der Waals surface area (Å²) in [5.41, 5.74) is 6.52. The summed E-state index contributed by atoms with van der Waals surface area (Å²) in [6.45, 7) is -0.452. The van der Waals surface area contributed by atoms with Gasteiger partial charge in [-0.1, -0.05) is 6.07 Å². The fraction of sp³-hybridized carbons (Fsp3) is 0.300. The zero-order valence-electron chi connectivity index (χ0n) is 8.10. The van der Waals surface area contributed by atoms with Crippen molar-refractivity contribution >= 4 is 11.7 Å². The van der Waals surface area contributed by atoms with E-state index in [0.29, 0.717) is 11.1 Å². The summed E-state index contributed by atoms with van der Waals surface area (Å²) in [5, 5.41) is 26.8. The van der Waals surface area contributed by atoms with E-state index < -0.39 is 5.97 Å². The lowest BCUT2D eigenvalue weighted by atomic mass is 9.97. The second-order valence-electron chi connectivity index (χ2n) is 3.10. The van der Waals surface area contributed by atoms with Gasteiger partial charge in [0.25, 0.3) is 0 Å². The minimum absolute atomic E-state index is 0.0319. The van der Waals surface area contributed by atoms with Crippen LogP contribution in [0.25, 0.3) is 0 Å². The highest BCUT2D eigenvalue weighted by molar-refractivity contribution is 5.95. The van der Waals surface area contributed by atoms with E-state index >= 15 is 0 Å². The number of aromatic carboxylic acids is 1. The Bertz CT molecular complexity index is 376. The summed E-state index contributed by atoms with van der Waals surface area (Å²) >= 11 is 0. The predicted molar refractivity (Wildman–Crippen MR) is 54.5 cm³/mol. The Morgan fingerprint density at radius 2 is 2.00 bits per heavy atom. The van der Waals surface area contributed by atoms with Crippen LogP contribution >= 0.6 is 0 Å². The van der Waals surface area contributed by atoms with Crippen LogP contribution in [-0.2, 0) is 13.0 Å². The van der Waals surface area contributed by atoms with Crippen LogP contribution in [0.2, 0.25) is 0 Å². The van der Waals surface area contributed by atoms with Crippen molar-refractivity contribution in [3.63, 3.8) is 0 Å². The molecule has 0 unspecified atom stereocenters. The van der Waals surface area contributed by atoms with Crippen LogP contribution in [-0.4, -0.2) is 27.9 Å². The lowest BCUT2D eigenvalue weighted by Gasteiger charge is -2.12. The molecule has 0 fully saturated rings. The molecule has 82 valence electrons. The van der Waals surface area contributed by atoms with Crippen LogP contribution in [0.3, 0.4) is 0 Å². The third kappa shape index (κ3) is 2.26. The molecule has 15 heavy (non-hydrogen) atoms. The smallest absolute Gasteiger partial charge is 0.338 e. The summed E-state index contributed by atoms with van der Waals surface area (Å²) in [6, 6.07) is 3.00. The molecule has 5 N–H and O–H groups in total. The number of carboxylic acids is 1. The molecular formula is C10H13NO4. The number of rotatable bonds is 4. The van der Waals surface area contributed by atoms with Gasteiger partial charge < -0.3 is 21.1 Å². The molecule has 0 radical (unpaired) electrons. The first kappa shape index (κ1) is 11.5. The van der Waals surface area contributed by atoms with Crippen molar-refractivity contribution in [2.24, 2.45) is 0 Å². The molecule has 0 heterocycles. The van der Waals surface area contributed by atoms with E-state index in [4.69, 9.17) is 21.1 Å². The number of hydrogen-bond acceptors (Lipinski definition) is 4. The van der Waals surface area contributed by atoms with E-state index in [0.717, 1.165) is 0 Å². The molecule has 0 amide bonds. The van der Waals surface area contributed by atoms with Gasteiger partial charge in [-0.25, -0.2) is 4.79 Å². The van der Waals surface area contributed by atoms with E-state index in [-0.39, 0.29) is 30.9 Å². The highest BCUT2D eigenvalue weighted by Gasteiger charge is 2.16. The molecule has 0 aliphatic heterocycles. The number of benzene rings is 1. The van der Waals surface area contributed by atoms with Crippen LogP contribution in [0.5, 0.6) is 0 Å². The van der Waals surface area contributed by atoms with Gasteiger partial charge in [-0.05, 0) is 23.6 Å². The van der Waals surface area contributed by atoms with Crippen LogP contribution in [0.4, 0.5) is 5.69 Å². The number of carboxylic acid groups (broad SMARTS) is 1. The van der Waals surface area contributed by atoms with Crippen molar-refractivity contribution in [2.45, 2.75) is 13.0 Å². The third-order valence-electron chi connectivity index (χ3n) is 2.19. The third-order valence-corrected chi connectivity index (χ3v) is 2.19. The van der Waals surface area contributed by atoms with Gasteiger partial charge in [-0.3, -0.25) is 0 Å². The molecule has 0 bridgehead atoms. The van der Waals surface area contributed by atoms with Crippen molar-refractivity contribution in [1.82, 2.24) is 0 Å². The van der Waals surface area contributed by atoms with E-state index in [1.807, 2.05) is 0 Å². The SMILES string of the molecule is Nc1ccc(CO)c(CCO)c1C(=O)O. The molecule has 0 saturated carbocycles. The Labute approximate surface area is 86.8 Å². The molecule has 0 aliphatic carbocycles. The maximum absolute atomic E-state index is 10.9. The van der Waals surface area contributed by atoms with Gasteiger partial charge in [0.2, 0.25) is 0 Å². The molecule has 1 aromatic carbocycles. The first-order valence-corrected chi connectivity index (χ1v) is 4.47. The van der Waals surface area contributed by atoms with Gasteiger partial charge in [0.1, 0.15) is 0 Å². The second kappa shape index (κ2) is 4.77. The first-order chi connectivity index (χ1) is 7.11. The Hall–Kier alpha value is -1.59. The van der Waals surface area contributed by atoms with E-state index in [2.05, 4.69) is 0 Å². The first-order valence-electron chi connectivity index (χ1n) is 4.47. The fourth-order valence-electron chi connectivity index (χ4n) is 1.51. The lowest BCUT2D eigenvalue weighted by molar-refractivity contribution is 0.0696. The Balaban J connectivity index is 3.36. The van der Waals surface area contributed by atoms with Gasteiger partial charge in [0.15, 0.2) is 0 Å². The van der Waals surface area contributed by atoms with E-state index in [9.17, 15) is 4.79 Å². The number of nitrogens with two attached hydrogens (primary N) is 1. The quantitative estimate of drug-likeness (QED) is 0.524. The Morgan fingerprint density at radius 3 is 2.47 bits per heavy atom. The van der Waals surface area contributed by atoms with E-state index in [1.165, 1.54) is 6.07 Å². The monoisotopic (exact) mass is 211 g/mol. The van der Waals surface area contributed by atoms with Crippen molar-refractivity contribution in [2.75, 3.05) is 12.3 Å². The summed E-state index contributed by atoms with van der Waals surface area (Å²) in [6.07, 6.45) is 0.169. The highest BCUT2D eigenvalue weighted by Crippen LogP contribution is 2.22. The number of aliphatic hydroxyl groups excluding tert-OH is 2.